The van der Waals surface area contributed by atoms with Crippen molar-refractivity contribution >= 4 is 17.7 Å². The molecule has 36 heavy (non-hydrogen) atoms. The van der Waals surface area contributed by atoms with Crippen LogP contribution in [0.5, 0.6) is 5.75 Å². The number of aliphatic hydroxyl groups is 1. The molecule has 0 saturated carbocycles. The van der Waals surface area contributed by atoms with Gasteiger partial charge in [0, 0.05) is 18.1 Å². The number of nitrogens with one attached hydrogen (secondary N) is 1. The van der Waals surface area contributed by atoms with E-state index >= 15 is 0 Å². The predicted octanol–water partition coefficient (Wildman–Crippen LogP) is 5.72. The molecule has 2 rings (SSSR count). The van der Waals surface area contributed by atoms with Gasteiger partial charge in [0.15, 0.2) is 0 Å². The van der Waals surface area contributed by atoms with Crippen molar-refractivity contribution in [1.29, 1.82) is 0 Å². The van der Waals surface area contributed by atoms with Gasteiger partial charge in [-0.1, -0.05) is 30.7 Å². The minimum absolute atomic E-state index is 0.132. The largest absolute Gasteiger partial charge is 0.491 e. The Labute approximate surface area is 209 Å². The summed E-state index contributed by atoms with van der Waals surface area (Å²) < 4.78 is 43.2. The zero-order valence-electron chi connectivity index (χ0n) is 20.7. The maximum Gasteiger partial charge on any atom is 0.412 e. The molecule has 0 bridgehead atoms. The Balaban J connectivity index is 2.30. The quantitative estimate of drug-likeness (QED) is 0.232. The minimum atomic E-state index is -0.933. The smallest absolute Gasteiger partial charge is 0.412 e. The summed E-state index contributed by atoms with van der Waals surface area (Å²) in [7, 11) is 0. The molecule has 9 heteroatoms. The molecule has 0 aliphatic rings. The van der Waals surface area contributed by atoms with Crippen LogP contribution in [0.2, 0.25) is 0 Å². The number of ether oxygens (including phenoxy) is 3. The van der Waals surface area contributed by atoms with E-state index in [1.54, 1.807) is 44.2 Å². The van der Waals surface area contributed by atoms with Crippen LogP contribution in [0, 0.1) is 17.6 Å². The molecule has 0 unspecified atom stereocenters. The van der Waals surface area contributed by atoms with Crippen molar-refractivity contribution in [3.8, 4) is 5.75 Å². The van der Waals surface area contributed by atoms with E-state index in [0.29, 0.717) is 23.0 Å². The summed E-state index contributed by atoms with van der Waals surface area (Å²) in [6.07, 6.45) is 1.43. The molecule has 2 atom stereocenters. The molecule has 2 aromatic rings. The number of esters is 1. The molecule has 7 nitrogen and oxygen atoms in total. The third-order valence-corrected chi connectivity index (χ3v) is 5.23. The molecule has 1 amide bonds. The van der Waals surface area contributed by atoms with E-state index < -0.39 is 29.8 Å². The van der Waals surface area contributed by atoms with E-state index in [9.17, 15) is 18.4 Å². The third-order valence-electron chi connectivity index (χ3n) is 5.23. The van der Waals surface area contributed by atoms with Crippen molar-refractivity contribution < 1.29 is 37.7 Å². The molecule has 0 spiro atoms. The summed E-state index contributed by atoms with van der Waals surface area (Å²) in [5, 5.41) is 11.2. The van der Waals surface area contributed by atoms with Crippen LogP contribution in [0.15, 0.2) is 65.8 Å². The number of aliphatic hydroxyl groups excluding tert-OH is 1. The van der Waals surface area contributed by atoms with Gasteiger partial charge in [-0.15, -0.1) is 0 Å². The van der Waals surface area contributed by atoms with Gasteiger partial charge in [0.05, 0.1) is 18.9 Å². The number of benzene rings is 2. The van der Waals surface area contributed by atoms with Crippen molar-refractivity contribution in [3.05, 3.63) is 83.0 Å². The van der Waals surface area contributed by atoms with Gasteiger partial charge in [0.2, 0.25) is 0 Å². The van der Waals surface area contributed by atoms with E-state index in [2.05, 4.69) is 5.32 Å². The lowest BCUT2D eigenvalue weighted by molar-refractivity contribution is -0.137. The van der Waals surface area contributed by atoms with Gasteiger partial charge in [-0.3, -0.25) is 5.32 Å². The average Bonchev–Trinajstić information content (AvgIpc) is 2.83. The summed E-state index contributed by atoms with van der Waals surface area (Å²) in [6, 6.07) is 9.57. The fraction of sp³-hybridized carbons (Fsp3) is 0.333. The predicted molar refractivity (Wildman–Crippen MR) is 132 cm³/mol. The molecule has 0 aliphatic heterocycles. The SMILES string of the molecule is CCOC(=O)/C=C(C)/C=C(\C)[C@H](C)[C@@H](OC(=O)Nc1ccc(F)cc1F)c1ccc(OCCO)cc1. The van der Waals surface area contributed by atoms with E-state index in [0.717, 1.165) is 17.7 Å². The van der Waals surface area contributed by atoms with Crippen LogP contribution in [-0.2, 0) is 14.3 Å². The summed E-state index contributed by atoms with van der Waals surface area (Å²) in [5.41, 5.74) is 1.87. The van der Waals surface area contributed by atoms with E-state index in [4.69, 9.17) is 19.3 Å². The highest BCUT2D eigenvalue weighted by atomic mass is 19.1. The second-order valence-electron chi connectivity index (χ2n) is 8.03. The van der Waals surface area contributed by atoms with Gasteiger partial charge < -0.3 is 19.3 Å². The maximum absolute atomic E-state index is 14.0. The molecular weight excluding hydrogens is 472 g/mol. The van der Waals surface area contributed by atoms with Crippen LogP contribution in [0.25, 0.3) is 0 Å². The first-order valence-electron chi connectivity index (χ1n) is 11.4. The number of carbonyl (C=O) groups excluding carboxylic acids is 2. The molecule has 2 aromatic carbocycles. The highest BCUT2D eigenvalue weighted by Crippen LogP contribution is 2.33. The zero-order valence-corrected chi connectivity index (χ0v) is 20.7. The van der Waals surface area contributed by atoms with Crippen molar-refractivity contribution in [1.82, 2.24) is 0 Å². The molecule has 0 radical (unpaired) electrons. The highest BCUT2D eigenvalue weighted by molar-refractivity contribution is 5.85. The van der Waals surface area contributed by atoms with Gasteiger partial charge in [-0.2, -0.15) is 0 Å². The Kier molecular flexibility index (Phi) is 11.1. The summed E-state index contributed by atoms with van der Waals surface area (Å²) in [5.74, 6) is -1.99. The van der Waals surface area contributed by atoms with Gasteiger partial charge in [0.1, 0.15) is 30.1 Å². The van der Waals surface area contributed by atoms with Crippen molar-refractivity contribution in [2.75, 3.05) is 25.1 Å². The molecule has 2 N–H and O–H groups in total. The van der Waals surface area contributed by atoms with Crippen LogP contribution in [-0.4, -0.2) is 37.0 Å². The van der Waals surface area contributed by atoms with Crippen LogP contribution < -0.4 is 10.1 Å². The summed E-state index contributed by atoms with van der Waals surface area (Å²) in [6.45, 7) is 7.41. The number of hydrogen-bond acceptors (Lipinski definition) is 6. The lowest BCUT2D eigenvalue weighted by Crippen LogP contribution is -2.23. The molecule has 0 saturated heterocycles. The standard InChI is InChI=1S/C27H31F2NO6/c1-5-34-25(32)15-17(2)14-18(3)19(4)26(20-6-9-22(10-7-20)35-13-12-31)36-27(33)30-24-11-8-21(28)16-23(24)29/h6-11,14-16,19,26,31H,5,12-13H2,1-4H3,(H,30,33)/b17-15+,18-14+/t19-,26+/m0/s1. The normalized spacial score (nSPS) is 13.5. The third kappa shape index (κ3) is 8.81. The van der Waals surface area contributed by atoms with Crippen LogP contribution in [0.1, 0.15) is 39.4 Å². The lowest BCUT2D eigenvalue weighted by Gasteiger charge is -2.26. The molecular formula is C27H31F2NO6. The Morgan fingerprint density at radius 3 is 2.39 bits per heavy atom. The number of amides is 1. The number of carbonyl (C=O) groups is 2. The first kappa shape index (κ1) is 28.5. The van der Waals surface area contributed by atoms with E-state index in [-0.39, 0.29) is 31.4 Å². The van der Waals surface area contributed by atoms with Gasteiger partial charge in [-0.25, -0.2) is 18.4 Å². The topological polar surface area (TPSA) is 94.1 Å². The van der Waals surface area contributed by atoms with Crippen LogP contribution >= 0.6 is 0 Å². The number of hydrogen-bond donors (Lipinski definition) is 2. The first-order valence-corrected chi connectivity index (χ1v) is 11.4. The van der Waals surface area contributed by atoms with Crippen molar-refractivity contribution in [3.63, 3.8) is 0 Å². The fourth-order valence-electron chi connectivity index (χ4n) is 3.36. The first-order chi connectivity index (χ1) is 17.1. The number of anilines is 1. The Hall–Kier alpha value is -3.72. The molecule has 0 aromatic heterocycles. The zero-order chi connectivity index (χ0) is 26.7. The Morgan fingerprint density at radius 1 is 1.08 bits per heavy atom. The molecule has 0 aliphatic carbocycles. The van der Waals surface area contributed by atoms with Crippen molar-refractivity contribution in [2.24, 2.45) is 5.92 Å². The molecule has 0 heterocycles. The molecule has 0 fully saturated rings. The summed E-state index contributed by atoms with van der Waals surface area (Å²) >= 11 is 0. The number of halogens is 2. The average molecular weight is 504 g/mol. The van der Waals surface area contributed by atoms with Crippen LogP contribution in [0.4, 0.5) is 19.3 Å². The Bertz CT molecular complexity index is 1100. The summed E-state index contributed by atoms with van der Waals surface area (Å²) in [4.78, 5) is 24.4. The van der Waals surface area contributed by atoms with Gasteiger partial charge in [0.25, 0.3) is 0 Å². The van der Waals surface area contributed by atoms with Gasteiger partial charge >= 0.3 is 12.1 Å². The maximum atomic E-state index is 14.0. The fourth-order valence-corrected chi connectivity index (χ4v) is 3.36. The minimum Gasteiger partial charge on any atom is -0.491 e. The van der Waals surface area contributed by atoms with Crippen LogP contribution in [0.3, 0.4) is 0 Å². The van der Waals surface area contributed by atoms with E-state index in [1.807, 2.05) is 13.8 Å². The number of allylic oxidation sites excluding steroid dienone is 2. The highest BCUT2D eigenvalue weighted by Gasteiger charge is 2.26. The monoisotopic (exact) mass is 503 g/mol. The molecule has 194 valence electrons. The van der Waals surface area contributed by atoms with E-state index in [1.165, 1.54) is 6.08 Å². The Morgan fingerprint density at radius 2 is 1.78 bits per heavy atom. The second-order valence-corrected chi connectivity index (χ2v) is 8.03. The number of rotatable bonds is 11. The lowest BCUT2D eigenvalue weighted by atomic mass is 9.90. The second kappa shape index (κ2) is 14.0. The van der Waals surface area contributed by atoms with Gasteiger partial charge in [-0.05, 0) is 56.2 Å². The van der Waals surface area contributed by atoms with Crippen molar-refractivity contribution in [2.45, 2.75) is 33.8 Å².